The van der Waals surface area contributed by atoms with Crippen LogP contribution in [0.5, 0.6) is 0 Å². The summed E-state index contributed by atoms with van der Waals surface area (Å²) in [6.45, 7) is 0.575. The minimum atomic E-state index is -1.07. The predicted octanol–water partition coefficient (Wildman–Crippen LogP) is 4.57. The fourth-order valence-corrected chi connectivity index (χ4v) is 5.53. The van der Waals surface area contributed by atoms with Crippen LogP contribution in [0.4, 0.5) is 0 Å². The topological polar surface area (TPSA) is 99.1 Å². The van der Waals surface area contributed by atoms with Crippen molar-refractivity contribution in [3.63, 3.8) is 0 Å². The lowest BCUT2D eigenvalue weighted by atomic mass is 10.0. The zero-order valence-electron chi connectivity index (χ0n) is 20.4. The molecule has 8 nitrogen and oxygen atoms in total. The molecular weight excluding hydrogens is 500 g/mol. The molecule has 3 heterocycles. The summed E-state index contributed by atoms with van der Waals surface area (Å²) in [5.74, 6) is -1.07. The summed E-state index contributed by atoms with van der Waals surface area (Å²) >= 11 is 1.52. The second-order valence-corrected chi connectivity index (χ2v) is 9.87. The van der Waals surface area contributed by atoms with Gasteiger partial charge in [0.2, 0.25) is 0 Å². The third-order valence-electron chi connectivity index (χ3n) is 6.73. The van der Waals surface area contributed by atoms with Gasteiger partial charge in [-0.25, -0.2) is 9.59 Å². The molecule has 0 amide bonds. The maximum absolute atomic E-state index is 13.6. The van der Waals surface area contributed by atoms with Gasteiger partial charge in [-0.1, -0.05) is 54.6 Å². The molecule has 0 bridgehead atoms. The van der Waals surface area contributed by atoms with E-state index in [0.29, 0.717) is 17.8 Å². The summed E-state index contributed by atoms with van der Waals surface area (Å²) < 4.78 is 4.30. The lowest BCUT2D eigenvalue weighted by Gasteiger charge is -2.11. The number of aromatic nitrogens is 4. The molecule has 0 aliphatic carbocycles. The van der Waals surface area contributed by atoms with Crippen molar-refractivity contribution in [1.29, 1.82) is 0 Å². The van der Waals surface area contributed by atoms with E-state index in [-0.39, 0.29) is 23.1 Å². The molecule has 0 aliphatic heterocycles. The number of fused-ring (bicyclic) bond motifs is 2. The van der Waals surface area contributed by atoms with Crippen LogP contribution in [0.15, 0.2) is 93.1 Å². The normalized spacial score (nSPS) is 11.4. The second kappa shape index (κ2) is 9.28. The number of benzene rings is 3. The van der Waals surface area contributed by atoms with E-state index >= 15 is 0 Å². The first-order valence-electron chi connectivity index (χ1n) is 11.9. The van der Waals surface area contributed by atoms with Crippen LogP contribution in [0, 0.1) is 0 Å². The maximum atomic E-state index is 13.6. The zero-order chi connectivity index (χ0) is 26.4. The second-order valence-electron chi connectivity index (χ2n) is 9.09. The molecule has 6 rings (SSSR count). The van der Waals surface area contributed by atoms with Crippen molar-refractivity contribution in [3.8, 4) is 11.3 Å². The third-order valence-corrected chi connectivity index (χ3v) is 7.46. The Morgan fingerprint density at radius 1 is 0.974 bits per heavy atom. The van der Waals surface area contributed by atoms with Crippen LogP contribution in [0.25, 0.3) is 33.1 Å². The number of carbonyl (C=O) groups is 1. The number of aromatic carboxylic acids is 1. The Labute approximate surface area is 220 Å². The minimum Gasteiger partial charge on any atom is -0.478 e. The van der Waals surface area contributed by atoms with Gasteiger partial charge in [-0.2, -0.15) is 16.4 Å². The van der Waals surface area contributed by atoms with Crippen LogP contribution >= 0.6 is 11.3 Å². The van der Waals surface area contributed by atoms with Crippen molar-refractivity contribution in [2.75, 3.05) is 0 Å². The van der Waals surface area contributed by atoms with E-state index in [1.807, 2.05) is 59.3 Å². The Hall–Kier alpha value is -4.76. The van der Waals surface area contributed by atoms with E-state index in [2.05, 4.69) is 0 Å². The monoisotopic (exact) mass is 522 g/mol. The molecule has 38 heavy (non-hydrogen) atoms. The summed E-state index contributed by atoms with van der Waals surface area (Å²) in [6, 6.07) is 22.4. The van der Waals surface area contributed by atoms with Crippen LogP contribution < -0.4 is 11.2 Å². The fraction of sp³-hybridized carbons (Fsp3) is 0.103. The fourth-order valence-electron chi connectivity index (χ4n) is 4.87. The quantitative estimate of drug-likeness (QED) is 0.345. The van der Waals surface area contributed by atoms with Gasteiger partial charge in [0.15, 0.2) is 5.65 Å². The van der Waals surface area contributed by atoms with Gasteiger partial charge in [-0.3, -0.25) is 18.6 Å². The number of rotatable bonds is 6. The van der Waals surface area contributed by atoms with E-state index in [9.17, 15) is 19.5 Å². The van der Waals surface area contributed by atoms with Crippen molar-refractivity contribution >= 4 is 39.1 Å². The Bertz CT molecular complexity index is 1960. The summed E-state index contributed by atoms with van der Waals surface area (Å²) in [4.78, 5) is 38.6. The van der Waals surface area contributed by atoms with Gasteiger partial charge in [0.1, 0.15) is 5.39 Å². The maximum Gasteiger partial charge on any atom is 0.335 e. The van der Waals surface area contributed by atoms with E-state index in [0.717, 1.165) is 26.5 Å². The van der Waals surface area contributed by atoms with Crippen LogP contribution in [0.3, 0.4) is 0 Å². The van der Waals surface area contributed by atoms with Crippen molar-refractivity contribution in [1.82, 2.24) is 18.9 Å². The van der Waals surface area contributed by atoms with Gasteiger partial charge < -0.3 is 5.11 Å². The molecule has 0 saturated carbocycles. The first kappa shape index (κ1) is 23.6. The van der Waals surface area contributed by atoms with Crippen LogP contribution in [0.1, 0.15) is 21.5 Å². The van der Waals surface area contributed by atoms with Gasteiger partial charge in [-0.05, 0) is 50.9 Å². The van der Waals surface area contributed by atoms with Crippen LogP contribution in [-0.4, -0.2) is 30.0 Å². The van der Waals surface area contributed by atoms with E-state index in [4.69, 9.17) is 5.10 Å². The molecule has 3 aromatic heterocycles. The third kappa shape index (κ3) is 3.93. The summed E-state index contributed by atoms with van der Waals surface area (Å²) in [6.07, 6.45) is 0. The summed E-state index contributed by atoms with van der Waals surface area (Å²) in [5.41, 5.74) is 2.32. The highest BCUT2D eigenvalue weighted by Crippen LogP contribution is 2.29. The lowest BCUT2D eigenvalue weighted by Crippen LogP contribution is -2.38. The van der Waals surface area contributed by atoms with Crippen molar-refractivity contribution in [2.45, 2.75) is 13.1 Å². The first-order valence-corrected chi connectivity index (χ1v) is 12.9. The van der Waals surface area contributed by atoms with Gasteiger partial charge in [0, 0.05) is 12.6 Å². The minimum absolute atomic E-state index is 0.0944. The Morgan fingerprint density at radius 3 is 2.55 bits per heavy atom. The van der Waals surface area contributed by atoms with Gasteiger partial charge in [0.25, 0.3) is 5.56 Å². The molecule has 1 N–H and O–H groups in total. The molecule has 0 radical (unpaired) electrons. The molecule has 9 heteroatoms. The Morgan fingerprint density at radius 2 is 1.76 bits per heavy atom. The van der Waals surface area contributed by atoms with Crippen molar-refractivity contribution < 1.29 is 9.90 Å². The largest absolute Gasteiger partial charge is 0.478 e. The molecule has 188 valence electrons. The number of carboxylic acid groups (broad SMARTS) is 1. The highest BCUT2D eigenvalue weighted by atomic mass is 32.1. The number of hydrogen-bond acceptors (Lipinski definition) is 5. The number of hydrogen-bond donors (Lipinski definition) is 1. The van der Waals surface area contributed by atoms with E-state index in [1.54, 1.807) is 16.8 Å². The van der Waals surface area contributed by atoms with Crippen molar-refractivity contribution in [2.24, 2.45) is 7.05 Å². The van der Waals surface area contributed by atoms with Crippen molar-refractivity contribution in [3.05, 3.63) is 121 Å². The number of thiophene rings is 1. The first-order chi connectivity index (χ1) is 18.4. The highest BCUT2D eigenvalue weighted by Gasteiger charge is 2.23. The average Bonchev–Trinajstić information content (AvgIpc) is 3.58. The average molecular weight is 523 g/mol. The summed E-state index contributed by atoms with van der Waals surface area (Å²) in [7, 11) is 1.45. The molecule has 0 unspecified atom stereocenters. The molecule has 0 spiro atoms. The number of carboxylic acids is 1. The molecule has 0 fully saturated rings. The molecule has 6 aromatic rings. The highest BCUT2D eigenvalue weighted by molar-refractivity contribution is 7.07. The molecule has 0 atom stereocenters. The van der Waals surface area contributed by atoms with Gasteiger partial charge in [-0.15, -0.1) is 0 Å². The summed E-state index contributed by atoms with van der Waals surface area (Å²) in [5, 5.41) is 20.7. The Balaban J connectivity index is 1.67. The molecular formula is C29H22N4O4S. The number of nitrogens with zero attached hydrogens (tertiary/aromatic N) is 4. The van der Waals surface area contributed by atoms with Gasteiger partial charge in [0.05, 0.1) is 24.3 Å². The van der Waals surface area contributed by atoms with Crippen LogP contribution in [-0.2, 0) is 20.1 Å². The smallest absolute Gasteiger partial charge is 0.335 e. The molecule has 3 aromatic carbocycles. The molecule has 0 saturated heterocycles. The zero-order valence-corrected chi connectivity index (χ0v) is 21.2. The van der Waals surface area contributed by atoms with Gasteiger partial charge >= 0.3 is 11.7 Å². The van der Waals surface area contributed by atoms with E-state index in [1.165, 1.54) is 35.1 Å². The standard InChI is InChI=1S/C29H22N4O4S/c1-31-27(34)24-25(20-8-5-9-21(14-20)28(35)36)33(16-22-10-4-7-19-6-2-3-11-23(19)22)30-26(24)32(29(31)37)15-18-12-13-38-17-18/h2-14,17H,15-16H2,1H3,(H,35,36). The predicted molar refractivity (Wildman–Crippen MR) is 148 cm³/mol. The van der Waals surface area contributed by atoms with Crippen LogP contribution in [0.2, 0.25) is 0 Å². The Kier molecular flexibility index (Phi) is 5.77. The molecule has 0 aliphatic rings. The lowest BCUT2D eigenvalue weighted by molar-refractivity contribution is 0.0697. The SMILES string of the molecule is Cn1c(=O)c2c(-c3cccc(C(=O)O)c3)n(Cc3cccc4ccccc34)nc2n(Cc2ccsc2)c1=O. The van der Waals surface area contributed by atoms with E-state index < -0.39 is 17.2 Å².